The topological polar surface area (TPSA) is 42.4 Å². The number of amidine groups is 1. The molecule has 2 saturated heterocycles. The van der Waals surface area contributed by atoms with E-state index in [1.54, 1.807) is 16.2 Å². The Labute approximate surface area is 179 Å². The fourth-order valence-corrected chi connectivity index (χ4v) is 6.12. The van der Waals surface area contributed by atoms with E-state index in [1.165, 1.54) is 14.7 Å². The van der Waals surface area contributed by atoms with Gasteiger partial charge in [-0.05, 0) is 23.6 Å². The Bertz CT molecular complexity index is 935. The first-order valence-electron chi connectivity index (χ1n) is 10.1. The molecule has 2 fully saturated rings. The molecule has 1 aromatic carbocycles. The summed E-state index contributed by atoms with van der Waals surface area (Å²) in [4.78, 5) is 27.0. The van der Waals surface area contributed by atoms with E-state index in [1.807, 2.05) is 23.7 Å². The maximum atomic E-state index is 12.1. The van der Waals surface area contributed by atoms with Gasteiger partial charge in [0.2, 0.25) is 0 Å². The Morgan fingerprint density at radius 3 is 2.62 bits per heavy atom. The van der Waals surface area contributed by atoms with Crippen molar-refractivity contribution in [2.24, 2.45) is 4.99 Å². The van der Waals surface area contributed by atoms with Crippen LogP contribution in [0.3, 0.4) is 0 Å². The van der Waals surface area contributed by atoms with Gasteiger partial charge in [0.25, 0.3) is 0 Å². The van der Waals surface area contributed by atoms with E-state index in [9.17, 15) is 4.79 Å². The van der Waals surface area contributed by atoms with Gasteiger partial charge in [-0.1, -0.05) is 23.9 Å². The summed E-state index contributed by atoms with van der Waals surface area (Å²) in [6.45, 7) is 7.41. The number of piperazine rings is 1. The van der Waals surface area contributed by atoms with Crippen LogP contribution in [-0.4, -0.2) is 90.9 Å². The quantitative estimate of drug-likeness (QED) is 0.754. The average Bonchev–Trinajstić information content (AvgIpc) is 3.29. The van der Waals surface area contributed by atoms with E-state index in [0.29, 0.717) is 0 Å². The molecule has 3 aliphatic rings. The highest BCUT2D eigenvalue weighted by Crippen LogP contribution is 2.43. The number of aliphatic imine (C=N–C) groups is 1. The smallest absolute Gasteiger partial charge is 0.319 e. The molecule has 0 atom stereocenters. The van der Waals surface area contributed by atoms with Crippen molar-refractivity contribution in [2.75, 3.05) is 59.4 Å². The number of carbonyl (C=O) groups is 1. The molecule has 1 aromatic heterocycles. The summed E-state index contributed by atoms with van der Waals surface area (Å²) in [5, 5.41) is 2.17. The van der Waals surface area contributed by atoms with E-state index in [4.69, 9.17) is 4.99 Å². The first-order chi connectivity index (χ1) is 14.2. The van der Waals surface area contributed by atoms with Gasteiger partial charge in [-0.2, -0.15) is 0 Å². The van der Waals surface area contributed by atoms with Gasteiger partial charge in [-0.3, -0.25) is 4.90 Å². The number of rotatable bonds is 3. The fraction of sp³-hybridized carbons (Fsp3) is 0.429. The van der Waals surface area contributed by atoms with Crippen LogP contribution >= 0.6 is 23.1 Å². The van der Waals surface area contributed by atoms with Crippen molar-refractivity contribution in [3.8, 4) is 0 Å². The minimum atomic E-state index is 0.164. The first-order valence-corrected chi connectivity index (χ1v) is 11.8. The third-order valence-corrected chi connectivity index (χ3v) is 8.04. The monoisotopic (exact) mass is 427 g/mol. The lowest BCUT2D eigenvalue weighted by Gasteiger charge is -2.37. The summed E-state index contributed by atoms with van der Waals surface area (Å²) < 4.78 is 1.33. The highest BCUT2D eigenvalue weighted by atomic mass is 32.2. The fourth-order valence-electron chi connectivity index (χ4n) is 4.05. The van der Waals surface area contributed by atoms with Crippen LogP contribution in [0.15, 0.2) is 49.8 Å². The molecule has 3 aliphatic heterocycles. The number of fused-ring (bicyclic) bond motifs is 2. The molecule has 2 amide bonds. The second kappa shape index (κ2) is 8.01. The van der Waals surface area contributed by atoms with Crippen molar-refractivity contribution in [3.63, 3.8) is 0 Å². The molecule has 8 heteroatoms. The molecule has 2 aromatic rings. The number of carbonyl (C=O) groups excluding carboxylic acids is 1. The molecule has 6 nitrogen and oxygen atoms in total. The highest BCUT2D eigenvalue weighted by Gasteiger charge is 2.28. The second-order valence-corrected chi connectivity index (χ2v) is 9.87. The van der Waals surface area contributed by atoms with Gasteiger partial charge < -0.3 is 14.7 Å². The third kappa shape index (κ3) is 3.76. The number of thiophene rings is 1. The average molecular weight is 428 g/mol. The van der Waals surface area contributed by atoms with Crippen molar-refractivity contribution in [1.82, 2.24) is 19.6 Å². The molecule has 0 radical (unpaired) electrons. The number of likely N-dealkylation sites (N-methyl/N-ethyl adjacent to an activating group) is 1. The summed E-state index contributed by atoms with van der Waals surface area (Å²) in [5.41, 5.74) is 2.32. The summed E-state index contributed by atoms with van der Waals surface area (Å²) in [5.74, 6) is 1.11. The Hall–Kier alpha value is -2.03. The van der Waals surface area contributed by atoms with Gasteiger partial charge in [-0.15, -0.1) is 11.3 Å². The Morgan fingerprint density at radius 2 is 1.83 bits per heavy atom. The predicted octanol–water partition coefficient (Wildman–Crippen LogP) is 3.28. The largest absolute Gasteiger partial charge is 0.353 e. The van der Waals surface area contributed by atoms with Gasteiger partial charge in [0.1, 0.15) is 5.84 Å². The summed E-state index contributed by atoms with van der Waals surface area (Å²) in [7, 11) is 1.88. The number of hydrogen-bond acceptors (Lipinski definition) is 6. The van der Waals surface area contributed by atoms with Crippen LogP contribution in [0.4, 0.5) is 10.5 Å². The maximum absolute atomic E-state index is 12.1. The van der Waals surface area contributed by atoms with Crippen molar-refractivity contribution < 1.29 is 4.79 Å². The second-order valence-electron chi connectivity index (χ2n) is 7.65. The Morgan fingerprint density at radius 1 is 1.00 bits per heavy atom. The molecular formula is C21H25N5OS2. The van der Waals surface area contributed by atoms with Crippen LogP contribution in [0.2, 0.25) is 0 Å². The molecule has 4 heterocycles. The zero-order valence-corrected chi connectivity index (χ0v) is 18.2. The molecule has 0 bridgehead atoms. The van der Waals surface area contributed by atoms with E-state index < -0.39 is 0 Å². The zero-order chi connectivity index (χ0) is 19.8. The first kappa shape index (κ1) is 19.0. The van der Waals surface area contributed by atoms with Crippen molar-refractivity contribution in [2.45, 2.75) is 9.10 Å². The summed E-state index contributed by atoms with van der Waals surface area (Å²) >= 11 is 3.62. The van der Waals surface area contributed by atoms with Crippen molar-refractivity contribution in [3.05, 3.63) is 41.3 Å². The number of para-hydroxylation sites is 1. The Kier molecular flexibility index (Phi) is 5.24. The lowest BCUT2D eigenvalue weighted by molar-refractivity contribution is 0.160. The lowest BCUT2D eigenvalue weighted by Crippen LogP contribution is -2.50. The summed E-state index contributed by atoms with van der Waals surface area (Å²) in [6.07, 6.45) is 0. The molecule has 0 aliphatic carbocycles. The minimum absolute atomic E-state index is 0.164. The van der Waals surface area contributed by atoms with Gasteiger partial charge in [-0.25, -0.2) is 9.79 Å². The van der Waals surface area contributed by atoms with Crippen LogP contribution in [-0.2, 0) is 0 Å². The Balaban J connectivity index is 1.26. The lowest BCUT2D eigenvalue weighted by atomic mass is 10.2. The van der Waals surface area contributed by atoms with Crippen LogP contribution in [0.25, 0.3) is 0 Å². The number of urea groups is 1. The SMILES string of the molecule is CN1CCN(CCN2CCN(C3=Nc4ccccc4Sc4sccc43)CC2)C1=O. The summed E-state index contributed by atoms with van der Waals surface area (Å²) in [6, 6.07) is 10.8. The van der Waals surface area contributed by atoms with Crippen LogP contribution in [0.1, 0.15) is 5.56 Å². The predicted molar refractivity (Wildman–Crippen MR) is 119 cm³/mol. The highest BCUT2D eigenvalue weighted by molar-refractivity contribution is 8.01. The molecule has 5 rings (SSSR count). The number of nitrogens with zero attached hydrogens (tertiary/aromatic N) is 5. The van der Waals surface area contributed by atoms with Crippen LogP contribution in [0, 0.1) is 0 Å². The third-order valence-electron chi connectivity index (χ3n) is 5.83. The van der Waals surface area contributed by atoms with E-state index in [0.717, 1.165) is 63.9 Å². The zero-order valence-electron chi connectivity index (χ0n) is 16.6. The van der Waals surface area contributed by atoms with Crippen LogP contribution < -0.4 is 0 Å². The molecule has 0 N–H and O–H groups in total. The van der Waals surface area contributed by atoms with Gasteiger partial charge in [0, 0.05) is 69.9 Å². The van der Waals surface area contributed by atoms with E-state index in [2.05, 4.69) is 45.5 Å². The van der Waals surface area contributed by atoms with E-state index >= 15 is 0 Å². The number of benzene rings is 1. The van der Waals surface area contributed by atoms with Gasteiger partial charge >= 0.3 is 6.03 Å². The molecule has 152 valence electrons. The standard InChI is InChI=1S/C21H25N5OS2/c1-23-7-11-26(21(23)27)14-10-24-8-12-25(13-9-24)19-16-6-15-28-20(16)29-18-5-3-2-4-17(18)22-19/h2-6,15H,7-14H2,1H3. The van der Waals surface area contributed by atoms with Gasteiger partial charge in [0.05, 0.1) is 9.90 Å². The number of amides is 2. The van der Waals surface area contributed by atoms with Crippen LogP contribution in [0.5, 0.6) is 0 Å². The van der Waals surface area contributed by atoms with Crippen molar-refractivity contribution >= 4 is 40.7 Å². The number of hydrogen-bond donors (Lipinski definition) is 0. The molecule has 29 heavy (non-hydrogen) atoms. The molecule has 0 spiro atoms. The maximum Gasteiger partial charge on any atom is 0.319 e. The minimum Gasteiger partial charge on any atom is -0.353 e. The molecule has 0 unspecified atom stereocenters. The van der Waals surface area contributed by atoms with Gasteiger partial charge in [0.15, 0.2) is 0 Å². The molecule has 0 saturated carbocycles. The normalized spacial score (nSPS) is 19.8. The van der Waals surface area contributed by atoms with E-state index in [-0.39, 0.29) is 6.03 Å². The van der Waals surface area contributed by atoms with Crippen molar-refractivity contribution in [1.29, 1.82) is 0 Å². The molecular weight excluding hydrogens is 402 g/mol.